The number of carbonyl (C=O) groups is 1. The topological polar surface area (TPSA) is 76.1 Å². The van der Waals surface area contributed by atoms with E-state index in [0.29, 0.717) is 44.0 Å². The molecule has 0 spiro atoms. The van der Waals surface area contributed by atoms with Crippen molar-refractivity contribution in [1.82, 2.24) is 4.90 Å². The van der Waals surface area contributed by atoms with Gasteiger partial charge in [0.2, 0.25) is 0 Å². The Kier molecular flexibility index (Phi) is 7.12. The summed E-state index contributed by atoms with van der Waals surface area (Å²) in [4.78, 5) is 14.7. The molecule has 0 saturated heterocycles. The van der Waals surface area contributed by atoms with Crippen LogP contribution in [-0.4, -0.2) is 65.8 Å². The number of sulfonamides is 1. The number of para-hydroxylation sites is 1. The zero-order chi connectivity index (χ0) is 21.7. The lowest BCUT2D eigenvalue weighted by Crippen LogP contribution is -2.37. The van der Waals surface area contributed by atoms with Crippen molar-refractivity contribution >= 4 is 21.6 Å². The van der Waals surface area contributed by atoms with E-state index in [4.69, 9.17) is 9.47 Å². The second-order valence-electron chi connectivity index (χ2n) is 7.29. The zero-order valence-corrected chi connectivity index (χ0v) is 18.4. The van der Waals surface area contributed by atoms with E-state index in [1.54, 1.807) is 31.3 Å². The normalized spacial score (nSPS) is 15.8. The first-order valence-corrected chi connectivity index (χ1v) is 11.3. The monoisotopic (exact) mass is 432 g/mol. The van der Waals surface area contributed by atoms with Gasteiger partial charge >= 0.3 is 0 Å². The van der Waals surface area contributed by atoms with Crippen molar-refractivity contribution in [1.29, 1.82) is 0 Å². The first-order chi connectivity index (χ1) is 14.4. The molecule has 1 unspecified atom stereocenters. The summed E-state index contributed by atoms with van der Waals surface area (Å²) in [6, 6.07) is 13.6. The zero-order valence-electron chi connectivity index (χ0n) is 17.6. The van der Waals surface area contributed by atoms with Crippen LogP contribution in [0.25, 0.3) is 0 Å². The van der Waals surface area contributed by atoms with Gasteiger partial charge in [-0.15, -0.1) is 0 Å². The largest absolute Gasteiger partial charge is 0.383 e. The Labute approximate surface area is 178 Å². The van der Waals surface area contributed by atoms with Gasteiger partial charge in [0.25, 0.3) is 15.9 Å². The summed E-state index contributed by atoms with van der Waals surface area (Å²) in [6.45, 7) is 3.45. The van der Waals surface area contributed by atoms with Gasteiger partial charge < -0.3 is 14.4 Å². The molecule has 1 heterocycles. The predicted octanol–water partition coefficient (Wildman–Crippen LogP) is 2.56. The van der Waals surface area contributed by atoms with Crippen LogP contribution in [0.1, 0.15) is 22.8 Å². The number of rotatable bonds is 9. The maximum absolute atomic E-state index is 13.5. The summed E-state index contributed by atoms with van der Waals surface area (Å²) >= 11 is 0. The molecule has 1 aliphatic rings. The standard InChI is InChI=1S/C22H28N2O5S/c1-17-15-18-7-4-5-10-21(18)24(17)30(26,27)20-9-6-8-19(16-20)22(25)23(11-13-28-2)12-14-29-3/h4-10,16-17H,11-15H2,1-3H3. The highest BCUT2D eigenvalue weighted by molar-refractivity contribution is 7.92. The number of amides is 1. The molecule has 2 aromatic carbocycles. The van der Waals surface area contributed by atoms with Crippen LogP contribution in [0.4, 0.5) is 5.69 Å². The lowest BCUT2D eigenvalue weighted by molar-refractivity contribution is 0.0627. The van der Waals surface area contributed by atoms with Gasteiger partial charge in [0.1, 0.15) is 0 Å². The van der Waals surface area contributed by atoms with Crippen molar-refractivity contribution in [2.75, 3.05) is 44.8 Å². The molecule has 3 rings (SSSR count). The van der Waals surface area contributed by atoms with Crippen LogP contribution in [-0.2, 0) is 25.9 Å². The van der Waals surface area contributed by atoms with E-state index in [1.165, 1.54) is 16.4 Å². The molecular formula is C22H28N2O5S. The molecular weight excluding hydrogens is 404 g/mol. The SMILES string of the molecule is COCCN(CCOC)C(=O)c1cccc(S(=O)(=O)N2c3ccccc3CC2C)c1. The second kappa shape index (κ2) is 9.59. The highest BCUT2D eigenvalue weighted by Gasteiger charge is 2.36. The quantitative estimate of drug-likeness (QED) is 0.609. The maximum Gasteiger partial charge on any atom is 0.264 e. The predicted molar refractivity (Wildman–Crippen MR) is 115 cm³/mol. The summed E-state index contributed by atoms with van der Waals surface area (Å²) in [6.07, 6.45) is 0.663. The number of hydrogen-bond acceptors (Lipinski definition) is 5. The number of hydrogen-bond donors (Lipinski definition) is 0. The number of carbonyl (C=O) groups excluding carboxylic acids is 1. The Morgan fingerprint density at radius 3 is 2.40 bits per heavy atom. The van der Waals surface area contributed by atoms with Gasteiger partial charge in [-0.05, 0) is 43.2 Å². The summed E-state index contributed by atoms with van der Waals surface area (Å²) in [5.74, 6) is -0.254. The molecule has 0 aromatic heterocycles. The average Bonchev–Trinajstić information content (AvgIpc) is 3.10. The third-order valence-corrected chi connectivity index (χ3v) is 7.12. The van der Waals surface area contributed by atoms with Crippen LogP contribution in [0.3, 0.4) is 0 Å². The number of benzene rings is 2. The van der Waals surface area contributed by atoms with Crippen LogP contribution in [0.2, 0.25) is 0 Å². The van der Waals surface area contributed by atoms with Crippen molar-refractivity contribution in [3.63, 3.8) is 0 Å². The molecule has 162 valence electrons. The molecule has 0 N–H and O–H groups in total. The minimum atomic E-state index is -3.80. The first-order valence-electron chi connectivity index (χ1n) is 9.89. The summed E-state index contributed by atoms with van der Waals surface area (Å²) in [7, 11) is -0.662. The lowest BCUT2D eigenvalue weighted by atomic mass is 10.1. The van der Waals surface area contributed by atoms with Crippen LogP contribution < -0.4 is 4.31 Å². The fourth-order valence-electron chi connectivity index (χ4n) is 3.71. The third-order valence-electron chi connectivity index (χ3n) is 5.20. The minimum absolute atomic E-state index is 0.107. The second-order valence-corrected chi connectivity index (χ2v) is 9.10. The fourth-order valence-corrected chi connectivity index (χ4v) is 5.45. The van der Waals surface area contributed by atoms with E-state index in [1.807, 2.05) is 31.2 Å². The molecule has 1 aliphatic heterocycles. The Morgan fingerprint density at radius 1 is 1.07 bits per heavy atom. The van der Waals surface area contributed by atoms with Gasteiger partial charge in [-0.1, -0.05) is 24.3 Å². The molecule has 0 fully saturated rings. The molecule has 7 nitrogen and oxygen atoms in total. The number of fused-ring (bicyclic) bond motifs is 1. The molecule has 0 radical (unpaired) electrons. The summed E-state index contributed by atoms with van der Waals surface area (Å²) in [5.41, 5.74) is 2.03. The van der Waals surface area contributed by atoms with E-state index in [0.717, 1.165) is 5.56 Å². The van der Waals surface area contributed by atoms with Gasteiger partial charge in [-0.25, -0.2) is 8.42 Å². The number of ether oxygens (including phenoxy) is 2. The summed E-state index contributed by atoms with van der Waals surface area (Å²) in [5, 5.41) is 0. The highest BCUT2D eigenvalue weighted by atomic mass is 32.2. The van der Waals surface area contributed by atoms with E-state index >= 15 is 0 Å². The average molecular weight is 433 g/mol. The van der Waals surface area contributed by atoms with Crippen LogP contribution >= 0.6 is 0 Å². The fraction of sp³-hybridized carbons (Fsp3) is 0.409. The number of methoxy groups -OCH3 is 2. The van der Waals surface area contributed by atoms with Crippen molar-refractivity contribution in [2.24, 2.45) is 0 Å². The first kappa shape index (κ1) is 22.3. The maximum atomic E-state index is 13.5. The molecule has 1 atom stereocenters. The molecule has 2 aromatic rings. The van der Waals surface area contributed by atoms with Crippen molar-refractivity contribution in [3.8, 4) is 0 Å². The lowest BCUT2D eigenvalue weighted by Gasteiger charge is -2.25. The van der Waals surface area contributed by atoms with E-state index in [2.05, 4.69) is 0 Å². The van der Waals surface area contributed by atoms with Crippen LogP contribution in [0.15, 0.2) is 53.4 Å². The third kappa shape index (κ3) is 4.50. The number of nitrogens with zero attached hydrogens (tertiary/aromatic N) is 2. The van der Waals surface area contributed by atoms with Gasteiger partial charge in [0.05, 0.1) is 23.8 Å². The Hall–Kier alpha value is -2.42. The molecule has 0 bridgehead atoms. The Balaban J connectivity index is 1.91. The molecule has 1 amide bonds. The molecule has 0 aliphatic carbocycles. The Bertz CT molecular complexity index is 985. The van der Waals surface area contributed by atoms with Crippen molar-refractivity contribution < 1.29 is 22.7 Å². The van der Waals surface area contributed by atoms with Crippen LogP contribution in [0.5, 0.6) is 0 Å². The van der Waals surface area contributed by atoms with Crippen molar-refractivity contribution in [3.05, 3.63) is 59.7 Å². The van der Waals surface area contributed by atoms with Crippen molar-refractivity contribution in [2.45, 2.75) is 24.3 Å². The molecule has 0 saturated carbocycles. The highest BCUT2D eigenvalue weighted by Crippen LogP contribution is 2.36. The van der Waals surface area contributed by atoms with Gasteiger partial charge in [0.15, 0.2) is 0 Å². The van der Waals surface area contributed by atoms with Gasteiger partial charge in [0, 0.05) is 38.9 Å². The van der Waals surface area contributed by atoms with Gasteiger partial charge in [-0.3, -0.25) is 9.10 Å². The van der Waals surface area contributed by atoms with E-state index in [-0.39, 0.29) is 16.8 Å². The van der Waals surface area contributed by atoms with E-state index in [9.17, 15) is 13.2 Å². The van der Waals surface area contributed by atoms with Crippen LogP contribution in [0, 0.1) is 0 Å². The summed E-state index contributed by atoms with van der Waals surface area (Å²) < 4.78 is 38.6. The minimum Gasteiger partial charge on any atom is -0.383 e. The smallest absolute Gasteiger partial charge is 0.264 e. The molecule has 8 heteroatoms. The Morgan fingerprint density at radius 2 is 1.73 bits per heavy atom. The number of anilines is 1. The molecule has 30 heavy (non-hydrogen) atoms. The van der Waals surface area contributed by atoms with E-state index < -0.39 is 10.0 Å². The van der Waals surface area contributed by atoms with Gasteiger partial charge in [-0.2, -0.15) is 0 Å².